The molecular weight excluding hydrogens is 466 g/mol. The Kier molecular flexibility index (Phi) is 5.33. The third-order valence-corrected chi connectivity index (χ3v) is 7.41. The van der Waals surface area contributed by atoms with Crippen molar-refractivity contribution in [3.05, 3.63) is 76.8 Å². The molecule has 3 aromatic rings. The first-order chi connectivity index (χ1) is 17.0. The third-order valence-electron chi connectivity index (χ3n) is 7.16. The van der Waals surface area contributed by atoms with Crippen molar-refractivity contribution in [1.82, 2.24) is 14.8 Å². The molecule has 2 aromatic carbocycles. The van der Waals surface area contributed by atoms with Crippen LogP contribution in [0.2, 0.25) is 5.02 Å². The number of rotatable bonds is 4. The van der Waals surface area contributed by atoms with Crippen LogP contribution >= 0.6 is 11.6 Å². The molecule has 0 unspecified atom stereocenters. The number of ether oxygens (including phenoxy) is 1. The smallest absolute Gasteiger partial charge is 0.260 e. The number of hydrogen-bond acceptors (Lipinski definition) is 6. The number of imide groups is 1. The highest BCUT2D eigenvalue weighted by atomic mass is 35.5. The number of fused-ring (bicyclic) bond motifs is 2. The van der Waals surface area contributed by atoms with Gasteiger partial charge >= 0.3 is 0 Å². The van der Waals surface area contributed by atoms with Crippen molar-refractivity contribution >= 4 is 35.3 Å². The monoisotopic (exact) mass is 489 g/mol. The van der Waals surface area contributed by atoms with Crippen molar-refractivity contribution in [3.8, 4) is 5.75 Å². The fraction of sp³-hybridized carbons (Fsp3) is 0.308. The molecule has 0 radical (unpaired) electrons. The summed E-state index contributed by atoms with van der Waals surface area (Å²) in [6.07, 6.45) is 5.79. The zero-order valence-corrected chi connectivity index (χ0v) is 19.9. The fourth-order valence-electron chi connectivity index (χ4n) is 5.28. The summed E-state index contributed by atoms with van der Waals surface area (Å²) < 4.78 is 7.08. The second kappa shape index (κ2) is 8.53. The lowest BCUT2D eigenvalue weighted by atomic mass is 9.85. The van der Waals surface area contributed by atoms with E-state index in [2.05, 4.69) is 15.4 Å². The molecule has 6 rings (SSSR count). The van der Waals surface area contributed by atoms with Crippen LogP contribution in [0.3, 0.4) is 0 Å². The van der Waals surface area contributed by atoms with Gasteiger partial charge in [-0.2, -0.15) is 4.98 Å². The summed E-state index contributed by atoms with van der Waals surface area (Å²) in [5, 5.41) is 8.79. The van der Waals surface area contributed by atoms with Gasteiger partial charge in [-0.1, -0.05) is 48.0 Å². The van der Waals surface area contributed by atoms with E-state index in [9.17, 15) is 9.59 Å². The zero-order valence-electron chi connectivity index (χ0n) is 19.1. The number of amides is 2. The average Bonchev–Trinajstić information content (AvgIpc) is 3.42. The molecule has 0 bridgehead atoms. The van der Waals surface area contributed by atoms with Crippen molar-refractivity contribution < 1.29 is 14.3 Å². The number of nitrogens with one attached hydrogen (secondary N) is 1. The van der Waals surface area contributed by atoms with Crippen LogP contribution in [0.15, 0.2) is 60.7 Å². The van der Waals surface area contributed by atoms with E-state index in [1.54, 1.807) is 11.8 Å². The highest BCUT2D eigenvalue weighted by Crippen LogP contribution is 2.41. The van der Waals surface area contributed by atoms with Crippen LogP contribution in [0.1, 0.15) is 42.5 Å². The van der Waals surface area contributed by atoms with Gasteiger partial charge in [0.1, 0.15) is 5.75 Å². The number of nitrogens with zero attached hydrogens (tertiary/aromatic N) is 4. The summed E-state index contributed by atoms with van der Waals surface area (Å²) in [5.41, 5.74) is 2.09. The van der Waals surface area contributed by atoms with E-state index in [1.165, 1.54) is 4.90 Å². The molecule has 2 aliphatic heterocycles. The Morgan fingerprint density at radius 1 is 0.943 bits per heavy atom. The first-order valence-corrected chi connectivity index (χ1v) is 12.1. The van der Waals surface area contributed by atoms with E-state index >= 15 is 0 Å². The summed E-state index contributed by atoms with van der Waals surface area (Å²) in [5.74, 6) is 0.322. The Bertz CT molecular complexity index is 1290. The number of halogens is 1. The maximum atomic E-state index is 13.1. The van der Waals surface area contributed by atoms with Crippen LogP contribution in [0.25, 0.3) is 0 Å². The Labute approximate surface area is 207 Å². The van der Waals surface area contributed by atoms with E-state index in [1.807, 2.05) is 60.7 Å². The molecule has 8 nitrogen and oxygen atoms in total. The maximum absolute atomic E-state index is 13.1. The van der Waals surface area contributed by atoms with E-state index in [0.29, 0.717) is 30.2 Å². The van der Waals surface area contributed by atoms with E-state index in [4.69, 9.17) is 16.3 Å². The molecule has 35 heavy (non-hydrogen) atoms. The number of hydrogen-bond donors (Lipinski definition) is 1. The minimum atomic E-state index is -0.333. The Hall–Kier alpha value is -3.65. The summed E-state index contributed by atoms with van der Waals surface area (Å²) >= 11 is 6.14. The first kappa shape index (κ1) is 21.9. The highest BCUT2D eigenvalue weighted by Gasteiger charge is 2.50. The molecule has 3 aliphatic rings. The van der Waals surface area contributed by atoms with Gasteiger partial charge in [0.05, 0.1) is 31.0 Å². The molecular formula is C26H24ClN5O3. The van der Waals surface area contributed by atoms with Gasteiger partial charge in [0, 0.05) is 5.02 Å². The summed E-state index contributed by atoms with van der Waals surface area (Å²) in [6.45, 7) is 0. The summed E-state index contributed by atoms with van der Waals surface area (Å²) in [7, 11) is 1.64. The molecule has 1 N–H and O–H groups in total. The second-order valence-electron chi connectivity index (χ2n) is 9.12. The standard InChI is InChI=1S/C26H24ClN5O3/c1-35-18-12-8-15(9-13-18)21-14-22(16-6-10-17(27)11-7-16)32-25(28-21)29-26(30-32)31-23(33)19-4-2-3-5-20(19)24(31)34/h2-3,6-13,19-22H,4-5,14H2,1H3,(H,28,29,30)/t19-,20-,21-,22-/m0/s1. The van der Waals surface area contributed by atoms with Crippen LogP contribution in [0.4, 0.5) is 11.9 Å². The zero-order chi connectivity index (χ0) is 24.1. The Balaban J connectivity index is 1.39. The van der Waals surface area contributed by atoms with Crippen LogP contribution < -0.4 is 15.0 Å². The number of carbonyl (C=O) groups excluding carboxylic acids is 2. The third kappa shape index (κ3) is 3.69. The predicted octanol–water partition coefficient (Wildman–Crippen LogP) is 4.54. The molecule has 1 saturated heterocycles. The largest absolute Gasteiger partial charge is 0.497 e. The number of allylic oxidation sites excluding steroid dienone is 2. The molecule has 178 valence electrons. The minimum absolute atomic E-state index is 0.0529. The molecule has 0 spiro atoms. The topological polar surface area (TPSA) is 89.4 Å². The molecule has 0 saturated carbocycles. The Morgan fingerprint density at radius 2 is 1.57 bits per heavy atom. The van der Waals surface area contributed by atoms with Crippen LogP contribution in [-0.2, 0) is 9.59 Å². The quantitative estimate of drug-likeness (QED) is 0.427. The van der Waals surface area contributed by atoms with Gasteiger partial charge in [-0.15, -0.1) is 5.10 Å². The van der Waals surface area contributed by atoms with Gasteiger partial charge in [-0.25, -0.2) is 9.58 Å². The van der Waals surface area contributed by atoms with Crippen LogP contribution in [-0.4, -0.2) is 33.7 Å². The predicted molar refractivity (Wildman–Crippen MR) is 131 cm³/mol. The second-order valence-corrected chi connectivity index (χ2v) is 9.56. The average molecular weight is 490 g/mol. The van der Waals surface area contributed by atoms with Crippen molar-refractivity contribution in [3.63, 3.8) is 0 Å². The SMILES string of the molecule is COc1ccc([C@@H]2C[C@@H](c3ccc(Cl)cc3)n3nc(N4C(=O)[C@H]5CC=CC[C@@H]5C4=O)nc3N2)cc1. The maximum Gasteiger partial charge on any atom is 0.260 e. The van der Waals surface area contributed by atoms with Crippen molar-refractivity contribution in [2.75, 3.05) is 17.3 Å². The normalized spacial score (nSPS) is 25.3. The van der Waals surface area contributed by atoms with Gasteiger partial charge in [-0.05, 0) is 54.7 Å². The summed E-state index contributed by atoms with van der Waals surface area (Å²) in [6, 6.07) is 15.3. The van der Waals surface area contributed by atoms with Gasteiger partial charge in [0.25, 0.3) is 5.95 Å². The number of carbonyl (C=O) groups is 2. The first-order valence-electron chi connectivity index (χ1n) is 11.7. The van der Waals surface area contributed by atoms with Gasteiger partial charge in [-0.3, -0.25) is 9.59 Å². The molecule has 3 heterocycles. The van der Waals surface area contributed by atoms with Crippen molar-refractivity contribution in [1.29, 1.82) is 0 Å². The molecule has 4 atom stereocenters. The fourth-order valence-corrected chi connectivity index (χ4v) is 5.40. The van der Waals surface area contributed by atoms with Gasteiger partial charge in [0.2, 0.25) is 17.8 Å². The molecule has 9 heteroatoms. The number of methoxy groups -OCH3 is 1. The molecule has 1 aliphatic carbocycles. The molecule has 1 aromatic heterocycles. The van der Waals surface area contributed by atoms with Gasteiger partial charge in [0.15, 0.2) is 0 Å². The molecule has 2 amide bonds. The Morgan fingerprint density at radius 3 is 2.20 bits per heavy atom. The lowest BCUT2D eigenvalue weighted by molar-refractivity contribution is -0.122. The number of anilines is 2. The van der Waals surface area contributed by atoms with Crippen molar-refractivity contribution in [2.45, 2.75) is 31.3 Å². The minimum Gasteiger partial charge on any atom is -0.497 e. The van der Waals surface area contributed by atoms with E-state index in [-0.39, 0.29) is 41.7 Å². The van der Waals surface area contributed by atoms with Crippen LogP contribution in [0.5, 0.6) is 5.75 Å². The van der Waals surface area contributed by atoms with Crippen LogP contribution in [0, 0.1) is 11.8 Å². The lowest BCUT2D eigenvalue weighted by Gasteiger charge is -2.31. The summed E-state index contributed by atoms with van der Waals surface area (Å²) in [4.78, 5) is 32.1. The highest BCUT2D eigenvalue weighted by molar-refractivity contribution is 6.30. The van der Waals surface area contributed by atoms with E-state index < -0.39 is 0 Å². The number of benzene rings is 2. The number of aromatic nitrogens is 3. The van der Waals surface area contributed by atoms with Gasteiger partial charge < -0.3 is 10.1 Å². The van der Waals surface area contributed by atoms with E-state index in [0.717, 1.165) is 16.9 Å². The van der Waals surface area contributed by atoms with Crippen molar-refractivity contribution in [2.24, 2.45) is 11.8 Å². The molecule has 1 fully saturated rings. The lowest BCUT2D eigenvalue weighted by Crippen LogP contribution is -2.32.